The Kier molecular flexibility index (Phi) is 3.91. The summed E-state index contributed by atoms with van der Waals surface area (Å²) in [6, 6.07) is 1.61. The van der Waals surface area contributed by atoms with Gasteiger partial charge in [0, 0.05) is 37.6 Å². The van der Waals surface area contributed by atoms with Gasteiger partial charge in [-0.3, -0.25) is 9.20 Å². The van der Waals surface area contributed by atoms with Crippen LogP contribution in [0.5, 0.6) is 0 Å². The zero-order chi connectivity index (χ0) is 20.6. The van der Waals surface area contributed by atoms with Gasteiger partial charge in [0.1, 0.15) is 16.2 Å². The molecular formula is C20H21FN4O3S. The molecule has 29 heavy (non-hydrogen) atoms. The minimum Gasteiger partial charge on any atom is -0.477 e. The summed E-state index contributed by atoms with van der Waals surface area (Å²) in [5, 5.41) is 15.1. The fourth-order valence-electron chi connectivity index (χ4n) is 4.81. The lowest BCUT2D eigenvalue weighted by Crippen LogP contribution is -2.54. The van der Waals surface area contributed by atoms with Gasteiger partial charge in [0.15, 0.2) is 0 Å². The maximum absolute atomic E-state index is 15.5. The Balaban J connectivity index is 1.92. The SMILES string of the molecule is C[C@@H]1CN(c2c(F)cc3c(=O)c(C(=O)O)c4scc5n4c3c2N(C)C5)C[C@H](C)N1. The van der Waals surface area contributed by atoms with Gasteiger partial charge in [0.2, 0.25) is 5.43 Å². The average molecular weight is 416 g/mol. The molecule has 1 aromatic carbocycles. The minimum atomic E-state index is -1.28. The van der Waals surface area contributed by atoms with Crippen molar-refractivity contribution in [3.8, 4) is 0 Å². The van der Waals surface area contributed by atoms with Gasteiger partial charge in [-0.25, -0.2) is 9.18 Å². The number of anilines is 2. The van der Waals surface area contributed by atoms with Crippen LogP contribution in [0.4, 0.5) is 15.8 Å². The highest BCUT2D eigenvalue weighted by molar-refractivity contribution is 7.16. The molecule has 5 rings (SSSR count). The summed E-state index contributed by atoms with van der Waals surface area (Å²) in [5.41, 5.74) is 1.69. The number of aromatic carboxylic acids is 1. The van der Waals surface area contributed by atoms with Crippen LogP contribution in [0.1, 0.15) is 29.9 Å². The van der Waals surface area contributed by atoms with Crippen molar-refractivity contribution in [3.63, 3.8) is 0 Å². The molecule has 0 radical (unpaired) electrons. The molecule has 2 aromatic heterocycles. The zero-order valence-electron chi connectivity index (χ0n) is 16.3. The van der Waals surface area contributed by atoms with Crippen molar-refractivity contribution in [2.75, 3.05) is 29.9 Å². The smallest absolute Gasteiger partial charge is 0.342 e. The number of piperazine rings is 1. The molecule has 0 bridgehead atoms. The third kappa shape index (κ3) is 2.50. The summed E-state index contributed by atoms with van der Waals surface area (Å²) in [7, 11) is 1.88. The molecular weight excluding hydrogens is 395 g/mol. The first-order chi connectivity index (χ1) is 13.8. The van der Waals surface area contributed by atoms with Gasteiger partial charge in [0.05, 0.1) is 34.5 Å². The molecule has 1 fully saturated rings. The molecule has 2 aliphatic heterocycles. The predicted octanol–water partition coefficient (Wildman–Crippen LogP) is 2.49. The third-order valence-corrected chi connectivity index (χ3v) is 6.78. The Morgan fingerprint density at radius 3 is 2.62 bits per heavy atom. The van der Waals surface area contributed by atoms with Crippen molar-refractivity contribution in [2.24, 2.45) is 0 Å². The van der Waals surface area contributed by atoms with E-state index in [0.29, 0.717) is 41.4 Å². The summed E-state index contributed by atoms with van der Waals surface area (Å²) < 4.78 is 17.3. The topological polar surface area (TPSA) is 77.3 Å². The Hall–Kier alpha value is -2.65. The molecule has 7 nitrogen and oxygen atoms in total. The summed E-state index contributed by atoms with van der Waals surface area (Å²) in [4.78, 5) is 29.2. The van der Waals surface area contributed by atoms with E-state index in [0.717, 1.165) is 5.69 Å². The Bertz CT molecular complexity index is 1240. The molecule has 0 spiro atoms. The number of carboxylic acids is 1. The highest BCUT2D eigenvalue weighted by Crippen LogP contribution is 2.43. The van der Waals surface area contributed by atoms with Crippen LogP contribution in [0.2, 0.25) is 0 Å². The quantitative estimate of drug-likeness (QED) is 0.669. The molecule has 0 aliphatic carbocycles. The van der Waals surface area contributed by atoms with Gasteiger partial charge < -0.3 is 20.2 Å². The number of thiazole rings is 1. The molecule has 0 unspecified atom stereocenters. The number of nitrogens with zero attached hydrogens (tertiary/aromatic N) is 3. The van der Waals surface area contributed by atoms with Gasteiger partial charge in [-0.15, -0.1) is 11.3 Å². The normalized spacial score (nSPS) is 21.5. The first-order valence-corrected chi connectivity index (χ1v) is 10.4. The zero-order valence-corrected chi connectivity index (χ0v) is 17.1. The van der Waals surface area contributed by atoms with Crippen LogP contribution >= 0.6 is 11.3 Å². The molecule has 2 atom stereocenters. The second kappa shape index (κ2) is 6.17. The van der Waals surface area contributed by atoms with E-state index in [1.165, 1.54) is 17.4 Å². The molecule has 2 aliphatic rings. The summed E-state index contributed by atoms with van der Waals surface area (Å²) in [6.45, 7) is 5.94. The number of benzene rings is 1. The second-order valence-corrected chi connectivity index (χ2v) is 8.92. The fourth-order valence-corrected chi connectivity index (χ4v) is 5.85. The van der Waals surface area contributed by atoms with Crippen molar-refractivity contribution in [3.05, 3.63) is 38.7 Å². The van der Waals surface area contributed by atoms with Gasteiger partial charge in [-0.1, -0.05) is 0 Å². The Morgan fingerprint density at radius 1 is 1.28 bits per heavy atom. The van der Waals surface area contributed by atoms with Crippen molar-refractivity contribution < 1.29 is 14.3 Å². The Labute approximate surface area is 170 Å². The number of hydrogen-bond acceptors (Lipinski definition) is 6. The number of nitrogens with one attached hydrogen (secondary N) is 1. The number of halogens is 1. The lowest BCUT2D eigenvalue weighted by Gasteiger charge is -2.40. The van der Waals surface area contributed by atoms with Gasteiger partial charge in [0.25, 0.3) is 0 Å². The van der Waals surface area contributed by atoms with Crippen LogP contribution < -0.4 is 20.5 Å². The van der Waals surface area contributed by atoms with E-state index in [9.17, 15) is 14.7 Å². The molecule has 152 valence electrons. The van der Waals surface area contributed by atoms with E-state index >= 15 is 4.39 Å². The van der Waals surface area contributed by atoms with Crippen molar-refractivity contribution in [2.45, 2.75) is 32.5 Å². The minimum absolute atomic E-state index is 0.110. The largest absolute Gasteiger partial charge is 0.477 e. The Morgan fingerprint density at radius 2 is 1.97 bits per heavy atom. The van der Waals surface area contributed by atoms with Crippen LogP contribution in [0.25, 0.3) is 15.7 Å². The molecule has 9 heteroatoms. The summed E-state index contributed by atoms with van der Waals surface area (Å²) >= 11 is 1.24. The monoisotopic (exact) mass is 416 g/mol. The molecule has 0 amide bonds. The number of carboxylic acid groups (broad SMARTS) is 1. The maximum Gasteiger partial charge on any atom is 0.342 e. The van der Waals surface area contributed by atoms with E-state index in [1.807, 2.05) is 26.6 Å². The third-order valence-electron chi connectivity index (χ3n) is 5.78. The number of carbonyl (C=O) groups is 1. The van der Waals surface area contributed by atoms with Crippen molar-refractivity contribution in [1.82, 2.24) is 9.72 Å². The fraction of sp³-hybridized carbons (Fsp3) is 0.400. The lowest BCUT2D eigenvalue weighted by atomic mass is 10.0. The number of pyridine rings is 1. The first-order valence-electron chi connectivity index (χ1n) is 9.54. The van der Waals surface area contributed by atoms with Crippen molar-refractivity contribution in [1.29, 1.82) is 0 Å². The van der Waals surface area contributed by atoms with E-state index in [1.54, 1.807) is 0 Å². The van der Waals surface area contributed by atoms with E-state index in [-0.39, 0.29) is 23.0 Å². The molecule has 1 saturated heterocycles. The van der Waals surface area contributed by atoms with Crippen molar-refractivity contribution >= 4 is 44.4 Å². The lowest BCUT2D eigenvalue weighted by molar-refractivity contribution is 0.0697. The molecule has 0 saturated carbocycles. The maximum atomic E-state index is 15.5. The van der Waals surface area contributed by atoms with Crippen LogP contribution in [0.15, 0.2) is 16.2 Å². The average Bonchev–Trinajstić information content (AvgIpc) is 3.03. The number of rotatable bonds is 2. The van der Waals surface area contributed by atoms with Crippen LogP contribution in [-0.2, 0) is 6.54 Å². The van der Waals surface area contributed by atoms with E-state index in [2.05, 4.69) is 19.2 Å². The van der Waals surface area contributed by atoms with Crippen LogP contribution in [0.3, 0.4) is 0 Å². The van der Waals surface area contributed by atoms with Crippen LogP contribution in [-0.4, -0.2) is 47.7 Å². The second-order valence-electron chi connectivity index (χ2n) is 8.06. The highest BCUT2D eigenvalue weighted by atomic mass is 32.1. The first kappa shape index (κ1) is 18.4. The van der Waals surface area contributed by atoms with E-state index in [4.69, 9.17) is 0 Å². The standard InChI is InChI=1S/C20H21FN4O3S/c1-9-5-24(6-10(2)22-9)16-13(21)4-12-15-17(16)23(3)7-11-8-29-19(25(11)15)14(18(12)26)20(27)28/h4,8-10,22H,5-7H2,1-3H3,(H,27,28)/t9-,10+. The highest BCUT2D eigenvalue weighted by Gasteiger charge is 2.33. The predicted molar refractivity (Wildman–Crippen MR) is 112 cm³/mol. The number of hydrogen-bond donors (Lipinski definition) is 2. The molecule has 2 N–H and O–H groups in total. The van der Waals surface area contributed by atoms with E-state index < -0.39 is 17.2 Å². The van der Waals surface area contributed by atoms with Gasteiger partial charge >= 0.3 is 5.97 Å². The molecule has 3 aromatic rings. The molecule has 4 heterocycles. The van der Waals surface area contributed by atoms with Crippen LogP contribution in [0, 0.1) is 5.82 Å². The summed E-state index contributed by atoms with van der Waals surface area (Å²) in [6.07, 6.45) is 0. The van der Waals surface area contributed by atoms with Gasteiger partial charge in [-0.2, -0.15) is 0 Å². The van der Waals surface area contributed by atoms with Gasteiger partial charge in [-0.05, 0) is 19.9 Å². The summed E-state index contributed by atoms with van der Waals surface area (Å²) in [5.74, 6) is -1.78. The number of aromatic nitrogens is 1.